The minimum Gasteiger partial charge on any atom is -0.319 e. The molecule has 0 saturated heterocycles. The van der Waals surface area contributed by atoms with Crippen LogP contribution in [-0.2, 0) is 6.54 Å². The summed E-state index contributed by atoms with van der Waals surface area (Å²) in [6.45, 7) is 0.679. The van der Waals surface area contributed by atoms with Gasteiger partial charge in [-0.2, -0.15) is 5.10 Å². The van der Waals surface area contributed by atoms with Gasteiger partial charge in [0.15, 0.2) is 0 Å². The predicted octanol–water partition coefficient (Wildman–Crippen LogP) is 5.75. The molecule has 4 aromatic rings. The molecule has 1 heterocycles. The highest BCUT2D eigenvalue weighted by Gasteiger charge is 2.14. The van der Waals surface area contributed by atoms with Crippen LogP contribution >= 0.6 is 15.9 Å². The van der Waals surface area contributed by atoms with Crippen LogP contribution in [0.25, 0.3) is 11.1 Å². The van der Waals surface area contributed by atoms with Crippen LogP contribution in [0.2, 0.25) is 0 Å². The van der Waals surface area contributed by atoms with Crippen LogP contribution in [-0.4, -0.2) is 15.7 Å². The summed E-state index contributed by atoms with van der Waals surface area (Å²) in [4.78, 5) is 12.8. The van der Waals surface area contributed by atoms with Crippen molar-refractivity contribution in [3.63, 3.8) is 0 Å². The molecule has 1 amide bonds. The second kappa shape index (κ2) is 8.41. The Morgan fingerprint density at radius 3 is 2.55 bits per heavy atom. The zero-order chi connectivity index (χ0) is 20.2. The lowest BCUT2D eigenvalue weighted by Crippen LogP contribution is -2.14. The van der Waals surface area contributed by atoms with Crippen molar-refractivity contribution in [2.75, 3.05) is 5.32 Å². The summed E-state index contributed by atoms with van der Waals surface area (Å²) < 4.78 is 16.6. The molecule has 6 heteroatoms. The quantitative estimate of drug-likeness (QED) is 0.421. The normalized spacial score (nSPS) is 10.7. The average molecular weight is 450 g/mol. The number of rotatable bonds is 5. The molecule has 0 unspecified atom stereocenters. The largest absolute Gasteiger partial charge is 0.319 e. The third-order valence-corrected chi connectivity index (χ3v) is 5.01. The molecule has 0 bridgehead atoms. The van der Waals surface area contributed by atoms with Crippen molar-refractivity contribution in [3.05, 3.63) is 107 Å². The third kappa shape index (κ3) is 4.43. The van der Waals surface area contributed by atoms with Gasteiger partial charge in [0.25, 0.3) is 5.91 Å². The van der Waals surface area contributed by atoms with Gasteiger partial charge in [-0.05, 0) is 47.0 Å². The van der Waals surface area contributed by atoms with E-state index in [-0.39, 0.29) is 11.6 Å². The first-order chi connectivity index (χ1) is 14.1. The van der Waals surface area contributed by atoms with Crippen molar-refractivity contribution in [1.29, 1.82) is 0 Å². The molecule has 0 radical (unpaired) electrons. The first kappa shape index (κ1) is 19.1. The lowest BCUT2D eigenvalue weighted by atomic mass is 9.98. The van der Waals surface area contributed by atoms with E-state index in [1.54, 1.807) is 24.4 Å². The lowest BCUT2D eigenvalue weighted by molar-refractivity contribution is 0.102. The van der Waals surface area contributed by atoms with Crippen LogP contribution in [0, 0.1) is 5.82 Å². The molecule has 0 aliphatic rings. The molecule has 1 N–H and O–H groups in total. The van der Waals surface area contributed by atoms with Crippen molar-refractivity contribution < 1.29 is 9.18 Å². The number of hydrogen-bond donors (Lipinski definition) is 1. The topological polar surface area (TPSA) is 46.9 Å². The Hall–Kier alpha value is -3.25. The zero-order valence-electron chi connectivity index (χ0n) is 15.3. The first-order valence-electron chi connectivity index (χ1n) is 9.02. The fraction of sp³-hybridized carbons (Fsp3) is 0.0435. The maximum Gasteiger partial charge on any atom is 0.256 e. The van der Waals surface area contributed by atoms with Crippen molar-refractivity contribution in [2.45, 2.75) is 6.54 Å². The average Bonchev–Trinajstić information content (AvgIpc) is 3.24. The highest BCUT2D eigenvalue weighted by atomic mass is 79.9. The summed E-state index contributed by atoms with van der Waals surface area (Å²) in [5.41, 5.74) is 3.43. The number of carbonyl (C=O) groups excluding carboxylic acids is 1. The SMILES string of the molecule is O=C(Nc1ccc(Br)cc1F)c1ccccc1-c1ccc(Cn2cccn2)cc1. The summed E-state index contributed by atoms with van der Waals surface area (Å²) in [6.07, 6.45) is 3.66. The van der Waals surface area contributed by atoms with E-state index >= 15 is 0 Å². The van der Waals surface area contributed by atoms with E-state index in [1.165, 1.54) is 12.1 Å². The molecule has 0 atom stereocenters. The number of aromatic nitrogens is 2. The molecule has 0 fully saturated rings. The van der Waals surface area contributed by atoms with E-state index in [4.69, 9.17) is 0 Å². The highest BCUT2D eigenvalue weighted by Crippen LogP contribution is 2.26. The minimum atomic E-state index is -0.492. The Morgan fingerprint density at radius 1 is 1.03 bits per heavy atom. The van der Waals surface area contributed by atoms with Crippen LogP contribution in [0.4, 0.5) is 10.1 Å². The van der Waals surface area contributed by atoms with Gasteiger partial charge >= 0.3 is 0 Å². The molecule has 0 aliphatic carbocycles. The van der Waals surface area contributed by atoms with Gasteiger partial charge in [0.05, 0.1) is 12.2 Å². The summed E-state index contributed by atoms with van der Waals surface area (Å²) in [5, 5.41) is 6.87. The summed E-state index contributed by atoms with van der Waals surface area (Å²) >= 11 is 3.22. The molecule has 1 aromatic heterocycles. The van der Waals surface area contributed by atoms with Gasteiger partial charge in [0.2, 0.25) is 0 Å². The molecule has 29 heavy (non-hydrogen) atoms. The van der Waals surface area contributed by atoms with E-state index < -0.39 is 5.82 Å². The minimum absolute atomic E-state index is 0.141. The number of hydrogen-bond acceptors (Lipinski definition) is 2. The second-order valence-electron chi connectivity index (χ2n) is 6.52. The van der Waals surface area contributed by atoms with Crippen LogP contribution in [0.5, 0.6) is 0 Å². The van der Waals surface area contributed by atoms with Gasteiger partial charge in [-0.25, -0.2) is 4.39 Å². The third-order valence-electron chi connectivity index (χ3n) is 4.52. The Balaban J connectivity index is 1.58. The molecule has 0 aliphatic heterocycles. The number of anilines is 1. The van der Waals surface area contributed by atoms with Gasteiger partial charge in [0.1, 0.15) is 5.82 Å². The summed E-state index contributed by atoms with van der Waals surface area (Å²) in [6, 6.07) is 21.7. The summed E-state index contributed by atoms with van der Waals surface area (Å²) in [7, 11) is 0. The Bertz CT molecular complexity index is 1140. The standard InChI is InChI=1S/C23H17BrFN3O/c24-18-10-11-22(21(25)14-18)27-23(29)20-5-2-1-4-19(20)17-8-6-16(7-9-17)15-28-13-3-12-26-28/h1-14H,15H2,(H,27,29). The van der Waals surface area contributed by atoms with Gasteiger partial charge in [-0.15, -0.1) is 0 Å². The molecule has 0 saturated carbocycles. The molecule has 4 rings (SSSR count). The van der Waals surface area contributed by atoms with Gasteiger partial charge in [-0.1, -0.05) is 58.4 Å². The van der Waals surface area contributed by atoms with Crippen molar-refractivity contribution in [1.82, 2.24) is 9.78 Å². The zero-order valence-corrected chi connectivity index (χ0v) is 16.9. The van der Waals surface area contributed by atoms with Crippen LogP contribution in [0.3, 0.4) is 0 Å². The Morgan fingerprint density at radius 2 is 1.83 bits per heavy atom. The number of amides is 1. The number of halogens is 2. The number of carbonyl (C=O) groups is 1. The molecular weight excluding hydrogens is 433 g/mol. The van der Waals surface area contributed by atoms with E-state index in [1.807, 2.05) is 53.3 Å². The van der Waals surface area contributed by atoms with Gasteiger partial charge in [0, 0.05) is 22.4 Å². The van der Waals surface area contributed by atoms with Crippen LogP contribution in [0.15, 0.2) is 89.7 Å². The molecule has 3 aromatic carbocycles. The van der Waals surface area contributed by atoms with Crippen LogP contribution < -0.4 is 5.32 Å². The fourth-order valence-corrected chi connectivity index (χ4v) is 3.42. The van der Waals surface area contributed by atoms with Gasteiger partial charge < -0.3 is 5.32 Å². The summed E-state index contributed by atoms with van der Waals surface area (Å²) in [5.74, 6) is -0.851. The highest BCUT2D eigenvalue weighted by molar-refractivity contribution is 9.10. The maximum absolute atomic E-state index is 14.1. The van der Waals surface area contributed by atoms with E-state index in [0.717, 1.165) is 16.7 Å². The molecule has 144 valence electrons. The Kier molecular flexibility index (Phi) is 5.53. The lowest BCUT2D eigenvalue weighted by Gasteiger charge is -2.12. The molecule has 0 spiro atoms. The van der Waals surface area contributed by atoms with Crippen molar-refractivity contribution in [2.24, 2.45) is 0 Å². The smallest absolute Gasteiger partial charge is 0.256 e. The van der Waals surface area contributed by atoms with Gasteiger partial charge in [-0.3, -0.25) is 9.48 Å². The maximum atomic E-state index is 14.1. The van der Waals surface area contributed by atoms with Crippen LogP contribution in [0.1, 0.15) is 15.9 Å². The van der Waals surface area contributed by atoms with Crippen molar-refractivity contribution >= 4 is 27.5 Å². The predicted molar refractivity (Wildman–Crippen MR) is 115 cm³/mol. The monoisotopic (exact) mass is 449 g/mol. The Labute approximate surface area is 176 Å². The molecule has 4 nitrogen and oxygen atoms in total. The van der Waals surface area contributed by atoms with E-state index in [2.05, 4.69) is 26.3 Å². The second-order valence-corrected chi connectivity index (χ2v) is 7.44. The fourth-order valence-electron chi connectivity index (χ4n) is 3.08. The van der Waals surface area contributed by atoms with Crippen molar-refractivity contribution in [3.8, 4) is 11.1 Å². The van der Waals surface area contributed by atoms with E-state index in [0.29, 0.717) is 16.6 Å². The van der Waals surface area contributed by atoms with E-state index in [9.17, 15) is 9.18 Å². The first-order valence-corrected chi connectivity index (χ1v) is 9.81. The molecular formula is C23H17BrFN3O. The number of nitrogens with zero attached hydrogens (tertiary/aromatic N) is 2. The number of nitrogens with one attached hydrogen (secondary N) is 1. The number of benzene rings is 3.